The van der Waals surface area contributed by atoms with Crippen LogP contribution in [-0.4, -0.2) is 30.1 Å². The molecule has 1 aliphatic rings. The highest BCUT2D eigenvalue weighted by atomic mass is 15.2. The SMILES string of the molecule is CCC(CC)CN(CC)C1(CN)CC(C)(C)CC1C. The lowest BCUT2D eigenvalue weighted by Crippen LogP contribution is -2.57. The second-order valence-electron chi connectivity index (χ2n) is 7.48. The normalized spacial score (nSPS) is 30.5. The molecule has 1 rings (SSSR count). The molecule has 2 N–H and O–H groups in total. The van der Waals surface area contributed by atoms with Crippen LogP contribution in [0.2, 0.25) is 0 Å². The second kappa shape index (κ2) is 6.58. The van der Waals surface area contributed by atoms with Gasteiger partial charge in [0.1, 0.15) is 0 Å². The first-order valence-corrected chi connectivity index (χ1v) is 8.30. The van der Waals surface area contributed by atoms with Crippen molar-refractivity contribution in [2.75, 3.05) is 19.6 Å². The van der Waals surface area contributed by atoms with Crippen molar-refractivity contribution in [1.82, 2.24) is 4.90 Å². The molecule has 2 atom stereocenters. The summed E-state index contributed by atoms with van der Waals surface area (Å²) in [4.78, 5) is 2.71. The van der Waals surface area contributed by atoms with Crippen LogP contribution in [0.3, 0.4) is 0 Å². The molecule has 19 heavy (non-hydrogen) atoms. The van der Waals surface area contributed by atoms with Gasteiger partial charge in [-0.2, -0.15) is 0 Å². The highest BCUT2D eigenvalue weighted by Crippen LogP contribution is 2.50. The predicted octanol–water partition coefficient (Wildman–Crippen LogP) is 3.90. The highest BCUT2D eigenvalue weighted by Gasteiger charge is 2.50. The third-order valence-electron chi connectivity index (χ3n) is 5.56. The summed E-state index contributed by atoms with van der Waals surface area (Å²) in [6.07, 6.45) is 5.13. The minimum absolute atomic E-state index is 0.237. The summed E-state index contributed by atoms with van der Waals surface area (Å²) in [5.41, 5.74) is 6.96. The summed E-state index contributed by atoms with van der Waals surface area (Å²) >= 11 is 0. The Morgan fingerprint density at radius 2 is 1.79 bits per heavy atom. The van der Waals surface area contributed by atoms with Crippen molar-refractivity contribution >= 4 is 0 Å². The molecule has 1 fully saturated rings. The first kappa shape index (κ1) is 17.0. The Labute approximate surface area is 121 Å². The van der Waals surface area contributed by atoms with Gasteiger partial charge in [-0.3, -0.25) is 4.90 Å². The summed E-state index contributed by atoms with van der Waals surface area (Å²) in [6.45, 7) is 17.3. The van der Waals surface area contributed by atoms with Gasteiger partial charge < -0.3 is 5.73 Å². The van der Waals surface area contributed by atoms with Crippen molar-refractivity contribution < 1.29 is 0 Å². The zero-order valence-electron chi connectivity index (χ0n) is 14.1. The van der Waals surface area contributed by atoms with E-state index < -0.39 is 0 Å². The molecule has 2 nitrogen and oxygen atoms in total. The third-order valence-corrected chi connectivity index (χ3v) is 5.56. The molecule has 2 heteroatoms. The molecule has 1 aliphatic carbocycles. The Bertz CT molecular complexity index is 270. The Morgan fingerprint density at radius 1 is 1.21 bits per heavy atom. The minimum atomic E-state index is 0.237. The van der Waals surface area contributed by atoms with Gasteiger partial charge >= 0.3 is 0 Å². The van der Waals surface area contributed by atoms with Gasteiger partial charge in [0.15, 0.2) is 0 Å². The van der Waals surface area contributed by atoms with E-state index in [4.69, 9.17) is 5.73 Å². The molecule has 0 spiro atoms. The molecule has 0 aromatic carbocycles. The van der Waals surface area contributed by atoms with Gasteiger partial charge in [0.25, 0.3) is 0 Å². The number of hydrogen-bond donors (Lipinski definition) is 1. The molecule has 0 radical (unpaired) electrons. The highest BCUT2D eigenvalue weighted by molar-refractivity contribution is 5.06. The molecule has 0 aliphatic heterocycles. The van der Waals surface area contributed by atoms with Gasteiger partial charge in [0, 0.05) is 18.6 Å². The Hall–Kier alpha value is -0.0800. The lowest BCUT2D eigenvalue weighted by Gasteiger charge is -2.45. The molecule has 2 unspecified atom stereocenters. The van der Waals surface area contributed by atoms with E-state index in [1.807, 2.05) is 0 Å². The maximum Gasteiger partial charge on any atom is 0.0362 e. The standard InChI is InChI=1S/C17H36N2/c1-7-15(8-2)11-19(9-3)17(13-18)12-16(5,6)10-14(17)4/h14-15H,7-13,18H2,1-6H3. The molecule has 114 valence electrons. The predicted molar refractivity (Wildman–Crippen MR) is 85.3 cm³/mol. The van der Waals surface area contributed by atoms with Crippen molar-refractivity contribution in [1.29, 1.82) is 0 Å². The lowest BCUT2D eigenvalue weighted by atomic mass is 9.83. The molecule has 0 amide bonds. The van der Waals surface area contributed by atoms with Crippen LogP contribution in [0.1, 0.15) is 67.2 Å². The summed E-state index contributed by atoms with van der Waals surface area (Å²) < 4.78 is 0. The summed E-state index contributed by atoms with van der Waals surface area (Å²) in [5.74, 6) is 1.53. The van der Waals surface area contributed by atoms with Crippen molar-refractivity contribution in [3.8, 4) is 0 Å². The number of likely N-dealkylation sites (N-methyl/N-ethyl adjacent to an activating group) is 1. The molecular weight excluding hydrogens is 232 g/mol. The van der Waals surface area contributed by atoms with Crippen LogP contribution in [-0.2, 0) is 0 Å². The zero-order valence-corrected chi connectivity index (χ0v) is 14.1. The summed E-state index contributed by atoms with van der Waals surface area (Å²) in [7, 11) is 0. The molecule has 0 heterocycles. The molecule has 0 bridgehead atoms. The van der Waals surface area contributed by atoms with E-state index in [0.717, 1.165) is 19.0 Å². The van der Waals surface area contributed by atoms with Crippen molar-refractivity contribution in [2.45, 2.75) is 72.8 Å². The fraction of sp³-hybridized carbons (Fsp3) is 1.00. The van der Waals surface area contributed by atoms with Gasteiger partial charge in [-0.05, 0) is 36.6 Å². The molecule has 0 aromatic heterocycles. The number of nitrogens with zero attached hydrogens (tertiary/aromatic N) is 1. The van der Waals surface area contributed by atoms with Crippen LogP contribution in [0.4, 0.5) is 0 Å². The van der Waals surface area contributed by atoms with E-state index in [9.17, 15) is 0 Å². The number of rotatable bonds is 7. The summed E-state index contributed by atoms with van der Waals surface area (Å²) in [6, 6.07) is 0. The average molecular weight is 268 g/mol. The van der Waals surface area contributed by atoms with E-state index in [-0.39, 0.29) is 5.54 Å². The van der Waals surface area contributed by atoms with Crippen molar-refractivity contribution in [2.24, 2.45) is 23.0 Å². The number of hydrogen-bond acceptors (Lipinski definition) is 2. The maximum atomic E-state index is 6.27. The Balaban J connectivity index is 2.92. The van der Waals surface area contributed by atoms with Crippen molar-refractivity contribution in [3.63, 3.8) is 0 Å². The van der Waals surface area contributed by atoms with Gasteiger partial charge in [-0.15, -0.1) is 0 Å². The van der Waals surface area contributed by atoms with E-state index in [1.165, 1.54) is 32.2 Å². The fourth-order valence-electron chi connectivity index (χ4n) is 4.40. The van der Waals surface area contributed by atoms with Gasteiger partial charge in [0.2, 0.25) is 0 Å². The van der Waals surface area contributed by atoms with E-state index >= 15 is 0 Å². The van der Waals surface area contributed by atoms with Crippen LogP contribution in [0.25, 0.3) is 0 Å². The topological polar surface area (TPSA) is 29.3 Å². The summed E-state index contributed by atoms with van der Waals surface area (Å²) in [5, 5.41) is 0. The van der Waals surface area contributed by atoms with Crippen LogP contribution < -0.4 is 5.73 Å². The smallest absolute Gasteiger partial charge is 0.0362 e. The van der Waals surface area contributed by atoms with E-state index in [2.05, 4.69) is 46.4 Å². The van der Waals surface area contributed by atoms with Gasteiger partial charge in [-0.1, -0.05) is 54.4 Å². The van der Waals surface area contributed by atoms with Crippen LogP contribution in [0.15, 0.2) is 0 Å². The molecule has 0 saturated heterocycles. The first-order valence-electron chi connectivity index (χ1n) is 8.30. The monoisotopic (exact) mass is 268 g/mol. The molecule has 0 aromatic rings. The number of nitrogens with two attached hydrogens (primary N) is 1. The molecule has 1 saturated carbocycles. The second-order valence-corrected chi connectivity index (χ2v) is 7.48. The average Bonchev–Trinajstić information content (AvgIpc) is 2.61. The van der Waals surface area contributed by atoms with Crippen molar-refractivity contribution in [3.05, 3.63) is 0 Å². The Morgan fingerprint density at radius 3 is 2.11 bits per heavy atom. The van der Waals surface area contributed by atoms with Crippen LogP contribution in [0.5, 0.6) is 0 Å². The zero-order chi connectivity index (χ0) is 14.7. The Kier molecular flexibility index (Phi) is 5.88. The lowest BCUT2D eigenvalue weighted by molar-refractivity contribution is 0.0473. The fourth-order valence-corrected chi connectivity index (χ4v) is 4.40. The van der Waals surface area contributed by atoms with Crippen LogP contribution >= 0.6 is 0 Å². The largest absolute Gasteiger partial charge is 0.329 e. The first-order chi connectivity index (χ1) is 8.85. The van der Waals surface area contributed by atoms with E-state index in [1.54, 1.807) is 0 Å². The van der Waals surface area contributed by atoms with Gasteiger partial charge in [-0.25, -0.2) is 0 Å². The van der Waals surface area contributed by atoms with Crippen LogP contribution in [0, 0.1) is 17.3 Å². The van der Waals surface area contributed by atoms with Gasteiger partial charge in [0.05, 0.1) is 0 Å². The minimum Gasteiger partial charge on any atom is -0.329 e. The maximum absolute atomic E-state index is 6.27. The molecular formula is C17H36N2. The van der Waals surface area contributed by atoms with E-state index in [0.29, 0.717) is 11.3 Å². The third kappa shape index (κ3) is 3.52. The quantitative estimate of drug-likeness (QED) is 0.759.